The van der Waals surface area contributed by atoms with Gasteiger partial charge in [-0.05, 0) is 24.5 Å². The van der Waals surface area contributed by atoms with Gasteiger partial charge in [-0.3, -0.25) is 14.5 Å². The Kier molecular flexibility index (Phi) is 2.82. The number of rotatable bonds is 2. The molecule has 4 nitrogen and oxygen atoms in total. The van der Waals surface area contributed by atoms with Crippen molar-refractivity contribution in [2.75, 3.05) is 0 Å². The van der Waals surface area contributed by atoms with Crippen molar-refractivity contribution in [3.05, 3.63) is 29.0 Å². The maximum absolute atomic E-state index is 12.1. The van der Waals surface area contributed by atoms with Gasteiger partial charge in [-0.15, -0.1) is 0 Å². The smallest absolute Gasteiger partial charge is 0.233 e. The van der Waals surface area contributed by atoms with E-state index in [2.05, 4.69) is 4.98 Å². The van der Waals surface area contributed by atoms with E-state index in [-0.39, 0.29) is 23.7 Å². The summed E-state index contributed by atoms with van der Waals surface area (Å²) in [5.41, 5.74) is 0.834. The normalized spacial score (nSPS) is 26.8. The van der Waals surface area contributed by atoms with Crippen LogP contribution in [0.5, 0.6) is 0 Å². The molecule has 1 aromatic rings. The number of amides is 2. The fourth-order valence-corrected chi connectivity index (χ4v) is 3.01. The topological polar surface area (TPSA) is 50.3 Å². The second kappa shape index (κ2) is 4.35. The van der Waals surface area contributed by atoms with E-state index in [0.717, 1.165) is 24.8 Å². The van der Waals surface area contributed by atoms with E-state index in [0.29, 0.717) is 11.7 Å². The lowest BCUT2D eigenvalue weighted by Gasteiger charge is -2.15. The predicted octanol–water partition coefficient (Wildman–Crippen LogP) is 2.02. The molecule has 2 fully saturated rings. The first-order chi connectivity index (χ1) is 8.66. The van der Waals surface area contributed by atoms with E-state index in [1.807, 2.05) is 0 Å². The second-order valence-electron chi connectivity index (χ2n) is 4.90. The molecule has 0 bridgehead atoms. The fourth-order valence-electron chi connectivity index (χ4n) is 2.90. The molecule has 2 atom stereocenters. The average Bonchev–Trinajstić information content (AvgIpc) is 2.92. The molecule has 1 aromatic heterocycles. The minimum atomic E-state index is -0.0715. The largest absolute Gasteiger partial charge is 0.278 e. The highest BCUT2D eigenvalue weighted by molar-refractivity contribution is 6.29. The third-order valence-corrected chi connectivity index (χ3v) is 4.04. The molecule has 0 spiro atoms. The quantitative estimate of drug-likeness (QED) is 0.607. The number of hydrogen-bond donors (Lipinski definition) is 0. The van der Waals surface area contributed by atoms with Gasteiger partial charge in [0.05, 0.1) is 18.4 Å². The molecular weight excluding hydrogens is 252 g/mol. The van der Waals surface area contributed by atoms with Gasteiger partial charge in [-0.25, -0.2) is 4.98 Å². The van der Waals surface area contributed by atoms with Crippen molar-refractivity contribution in [1.29, 1.82) is 0 Å². The van der Waals surface area contributed by atoms with Gasteiger partial charge in [0.15, 0.2) is 0 Å². The van der Waals surface area contributed by atoms with Crippen LogP contribution >= 0.6 is 11.6 Å². The van der Waals surface area contributed by atoms with E-state index in [9.17, 15) is 9.59 Å². The molecule has 0 radical (unpaired) electrons. The van der Waals surface area contributed by atoms with Crippen LogP contribution in [0.2, 0.25) is 5.15 Å². The molecule has 2 aliphatic rings. The molecule has 1 saturated carbocycles. The second-order valence-corrected chi connectivity index (χ2v) is 5.28. The zero-order valence-electron chi connectivity index (χ0n) is 9.80. The van der Waals surface area contributed by atoms with Gasteiger partial charge in [0.2, 0.25) is 11.8 Å². The Hall–Kier alpha value is -1.42. The number of fused-ring (bicyclic) bond motifs is 1. The zero-order valence-corrected chi connectivity index (χ0v) is 10.6. The molecule has 1 saturated heterocycles. The van der Waals surface area contributed by atoms with E-state index >= 15 is 0 Å². The minimum Gasteiger partial charge on any atom is -0.278 e. The van der Waals surface area contributed by atoms with Gasteiger partial charge in [0.1, 0.15) is 5.15 Å². The van der Waals surface area contributed by atoms with Crippen LogP contribution in [0.15, 0.2) is 18.3 Å². The molecule has 18 heavy (non-hydrogen) atoms. The van der Waals surface area contributed by atoms with Crippen molar-refractivity contribution in [3.8, 4) is 0 Å². The number of pyridine rings is 1. The summed E-state index contributed by atoms with van der Waals surface area (Å²) in [5, 5.41) is 0.412. The highest BCUT2D eigenvalue weighted by Gasteiger charge is 2.49. The first-order valence-corrected chi connectivity index (χ1v) is 6.50. The highest BCUT2D eigenvalue weighted by Crippen LogP contribution is 2.40. The summed E-state index contributed by atoms with van der Waals surface area (Å²) < 4.78 is 0. The number of nitrogens with zero attached hydrogens (tertiary/aromatic N) is 2. The first-order valence-electron chi connectivity index (χ1n) is 6.12. The Balaban J connectivity index is 1.79. The molecule has 2 unspecified atom stereocenters. The molecule has 94 valence electrons. The van der Waals surface area contributed by atoms with Crippen LogP contribution in [0, 0.1) is 11.8 Å². The Morgan fingerprint density at radius 1 is 1.22 bits per heavy atom. The van der Waals surface area contributed by atoms with Crippen LogP contribution in [0.1, 0.15) is 24.8 Å². The minimum absolute atomic E-state index is 0.0162. The van der Waals surface area contributed by atoms with Crippen LogP contribution < -0.4 is 0 Å². The summed E-state index contributed by atoms with van der Waals surface area (Å²) in [6.07, 6.45) is 4.30. The first kappa shape index (κ1) is 11.7. The van der Waals surface area contributed by atoms with Crippen molar-refractivity contribution in [2.24, 2.45) is 11.8 Å². The monoisotopic (exact) mass is 264 g/mol. The van der Waals surface area contributed by atoms with E-state index in [1.54, 1.807) is 18.3 Å². The Bertz CT molecular complexity index is 478. The lowest BCUT2D eigenvalue weighted by molar-refractivity contribution is -0.141. The van der Waals surface area contributed by atoms with Gasteiger partial charge < -0.3 is 0 Å². The molecule has 1 aliphatic carbocycles. The molecule has 1 aliphatic heterocycles. The molecular formula is C13H13ClN2O2. The van der Waals surface area contributed by atoms with Crippen LogP contribution in [0.3, 0.4) is 0 Å². The van der Waals surface area contributed by atoms with Crippen LogP contribution in [0.4, 0.5) is 0 Å². The number of halogens is 1. The SMILES string of the molecule is O=C1C2CCCC2C(=O)N1Cc1ccc(Cl)nc1. The summed E-state index contributed by atoms with van der Waals surface area (Å²) in [6, 6.07) is 3.47. The number of carbonyl (C=O) groups is 2. The Morgan fingerprint density at radius 2 is 1.89 bits per heavy atom. The van der Waals surface area contributed by atoms with E-state index in [1.165, 1.54) is 4.90 Å². The van der Waals surface area contributed by atoms with Gasteiger partial charge in [0, 0.05) is 6.20 Å². The van der Waals surface area contributed by atoms with Crippen molar-refractivity contribution >= 4 is 23.4 Å². The number of likely N-dealkylation sites (tertiary alicyclic amines) is 1. The third kappa shape index (κ3) is 1.81. The maximum Gasteiger partial charge on any atom is 0.233 e. The number of hydrogen-bond acceptors (Lipinski definition) is 3. The van der Waals surface area contributed by atoms with E-state index < -0.39 is 0 Å². The number of imide groups is 1. The summed E-state index contributed by atoms with van der Waals surface area (Å²) in [7, 11) is 0. The van der Waals surface area contributed by atoms with Gasteiger partial charge in [-0.2, -0.15) is 0 Å². The Morgan fingerprint density at radius 3 is 2.44 bits per heavy atom. The summed E-state index contributed by atoms with van der Waals surface area (Å²) in [5.74, 6) is -0.176. The Labute approximate surface area is 110 Å². The summed E-state index contributed by atoms with van der Waals surface area (Å²) >= 11 is 5.70. The van der Waals surface area contributed by atoms with Crippen molar-refractivity contribution in [3.63, 3.8) is 0 Å². The maximum atomic E-state index is 12.1. The highest BCUT2D eigenvalue weighted by atomic mass is 35.5. The fraction of sp³-hybridized carbons (Fsp3) is 0.462. The van der Waals surface area contributed by atoms with Crippen LogP contribution in [-0.4, -0.2) is 21.7 Å². The van der Waals surface area contributed by atoms with Gasteiger partial charge >= 0.3 is 0 Å². The van der Waals surface area contributed by atoms with E-state index in [4.69, 9.17) is 11.6 Å². The van der Waals surface area contributed by atoms with Gasteiger partial charge in [0.25, 0.3) is 0 Å². The van der Waals surface area contributed by atoms with Crippen LogP contribution in [0.25, 0.3) is 0 Å². The molecule has 2 amide bonds. The van der Waals surface area contributed by atoms with Crippen molar-refractivity contribution < 1.29 is 9.59 Å². The van der Waals surface area contributed by atoms with Crippen molar-refractivity contribution in [2.45, 2.75) is 25.8 Å². The molecule has 0 aromatic carbocycles. The number of aromatic nitrogens is 1. The summed E-state index contributed by atoms with van der Waals surface area (Å²) in [4.78, 5) is 29.6. The average molecular weight is 265 g/mol. The lowest BCUT2D eigenvalue weighted by Crippen LogP contribution is -2.31. The van der Waals surface area contributed by atoms with Crippen molar-refractivity contribution in [1.82, 2.24) is 9.88 Å². The lowest BCUT2D eigenvalue weighted by atomic mass is 10.00. The zero-order chi connectivity index (χ0) is 12.7. The molecule has 2 heterocycles. The molecule has 5 heteroatoms. The number of carbonyl (C=O) groups excluding carboxylic acids is 2. The third-order valence-electron chi connectivity index (χ3n) is 3.81. The predicted molar refractivity (Wildman–Crippen MR) is 65.6 cm³/mol. The van der Waals surface area contributed by atoms with Crippen LogP contribution in [-0.2, 0) is 16.1 Å². The van der Waals surface area contributed by atoms with Gasteiger partial charge in [-0.1, -0.05) is 24.1 Å². The molecule has 0 N–H and O–H groups in total. The molecule has 3 rings (SSSR count). The standard InChI is InChI=1S/C13H13ClN2O2/c14-11-5-4-8(6-15-11)7-16-12(17)9-2-1-3-10(9)13(16)18/h4-6,9-10H,1-3,7H2. The summed E-state index contributed by atoms with van der Waals surface area (Å²) in [6.45, 7) is 0.314.